The Hall–Kier alpha value is -3.15. The quantitative estimate of drug-likeness (QED) is 0.588. The van der Waals surface area contributed by atoms with E-state index in [4.69, 9.17) is 9.84 Å². The summed E-state index contributed by atoms with van der Waals surface area (Å²) in [4.78, 5) is 34.7. The number of aliphatic carboxylic acids is 1. The number of carbonyl (C=O) groups is 3. The summed E-state index contributed by atoms with van der Waals surface area (Å²) in [6.07, 6.45) is -0.635. The number of rotatable bonds is 8. The smallest absolute Gasteiger partial charge is 0.372 e. The van der Waals surface area contributed by atoms with Gasteiger partial charge < -0.3 is 14.7 Å². The minimum Gasteiger partial charge on any atom is -0.489 e. The van der Waals surface area contributed by atoms with Crippen molar-refractivity contribution in [2.45, 2.75) is 19.6 Å². The second-order valence-corrected chi connectivity index (χ2v) is 5.57. The summed E-state index contributed by atoms with van der Waals surface area (Å²) in [7, 11) is 1.53. The molecular formula is C19H19NO5. The molecule has 0 spiro atoms. The van der Waals surface area contributed by atoms with E-state index in [-0.39, 0.29) is 6.54 Å². The lowest BCUT2D eigenvalue weighted by Gasteiger charge is -2.16. The van der Waals surface area contributed by atoms with Gasteiger partial charge in [0.1, 0.15) is 12.4 Å². The third-order valence-electron chi connectivity index (χ3n) is 3.57. The summed E-state index contributed by atoms with van der Waals surface area (Å²) in [6, 6.07) is 17.1. The lowest BCUT2D eigenvalue weighted by atomic mass is 10.2. The molecule has 2 rings (SSSR count). The van der Waals surface area contributed by atoms with Crippen molar-refractivity contribution >= 4 is 17.7 Å². The number of ketones is 1. The summed E-state index contributed by atoms with van der Waals surface area (Å²) in [5, 5.41) is 8.53. The molecule has 0 aliphatic carbocycles. The van der Waals surface area contributed by atoms with Crippen LogP contribution in [0.1, 0.15) is 17.5 Å². The average Bonchev–Trinajstić information content (AvgIpc) is 2.61. The summed E-state index contributed by atoms with van der Waals surface area (Å²) < 4.78 is 5.69. The molecule has 1 amide bonds. The maximum Gasteiger partial charge on any atom is 0.372 e. The normalized spacial score (nSPS) is 10.1. The van der Waals surface area contributed by atoms with Gasteiger partial charge in [-0.2, -0.15) is 0 Å². The van der Waals surface area contributed by atoms with Crippen LogP contribution in [0.15, 0.2) is 54.6 Å². The topological polar surface area (TPSA) is 83.9 Å². The van der Waals surface area contributed by atoms with Crippen LogP contribution in [0, 0.1) is 0 Å². The minimum absolute atomic E-state index is 0.282. The summed E-state index contributed by atoms with van der Waals surface area (Å²) in [6.45, 7) is 0.751. The Labute approximate surface area is 145 Å². The van der Waals surface area contributed by atoms with Gasteiger partial charge in [-0.1, -0.05) is 42.5 Å². The largest absolute Gasteiger partial charge is 0.489 e. The third-order valence-corrected chi connectivity index (χ3v) is 3.57. The van der Waals surface area contributed by atoms with Gasteiger partial charge in [0.15, 0.2) is 0 Å². The first-order valence-electron chi connectivity index (χ1n) is 7.71. The third kappa shape index (κ3) is 5.76. The van der Waals surface area contributed by atoms with E-state index in [0.717, 1.165) is 11.1 Å². The molecular weight excluding hydrogens is 322 g/mol. The fraction of sp³-hybridized carbons (Fsp3) is 0.211. The maximum atomic E-state index is 11.8. The number of carbonyl (C=O) groups excluding carboxylic acids is 2. The molecule has 130 valence electrons. The van der Waals surface area contributed by atoms with E-state index in [9.17, 15) is 14.4 Å². The summed E-state index contributed by atoms with van der Waals surface area (Å²) >= 11 is 0. The van der Waals surface area contributed by atoms with Gasteiger partial charge in [-0.05, 0) is 23.3 Å². The van der Waals surface area contributed by atoms with Crippen LogP contribution in [0.25, 0.3) is 0 Å². The molecule has 2 aromatic rings. The van der Waals surface area contributed by atoms with Crippen LogP contribution in [-0.2, 0) is 27.5 Å². The van der Waals surface area contributed by atoms with Crippen molar-refractivity contribution in [2.24, 2.45) is 0 Å². The molecule has 0 aromatic heterocycles. The second kappa shape index (κ2) is 8.63. The Kier molecular flexibility index (Phi) is 6.28. The van der Waals surface area contributed by atoms with E-state index in [2.05, 4.69) is 0 Å². The standard InChI is InChI=1S/C19H19NO5/c1-20(18(22)11-17(21)19(23)24)12-14-7-9-16(10-8-14)25-13-15-5-3-2-4-6-15/h2-10H,11-13H2,1H3,(H,23,24). The molecule has 6 nitrogen and oxygen atoms in total. The lowest BCUT2D eigenvalue weighted by Crippen LogP contribution is -2.30. The number of benzene rings is 2. The van der Waals surface area contributed by atoms with Crippen molar-refractivity contribution in [2.75, 3.05) is 7.05 Å². The van der Waals surface area contributed by atoms with Gasteiger partial charge in [0, 0.05) is 13.6 Å². The van der Waals surface area contributed by atoms with Gasteiger partial charge in [0.2, 0.25) is 11.7 Å². The fourth-order valence-corrected chi connectivity index (χ4v) is 2.14. The van der Waals surface area contributed by atoms with Crippen LogP contribution in [0.5, 0.6) is 5.75 Å². The Balaban J connectivity index is 1.86. The summed E-state index contributed by atoms with van der Waals surface area (Å²) in [5.41, 5.74) is 1.92. The first-order valence-corrected chi connectivity index (χ1v) is 7.71. The number of ether oxygens (including phenoxy) is 1. The zero-order chi connectivity index (χ0) is 18.2. The number of carboxylic acid groups (broad SMARTS) is 1. The van der Waals surface area contributed by atoms with Crippen molar-refractivity contribution < 1.29 is 24.2 Å². The highest BCUT2D eigenvalue weighted by atomic mass is 16.5. The van der Waals surface area contributed by atoms with Crippen molar-refractivity contribution in [3.63, 3.8) is 0 Å². The monoisotopic (exact) mass is 341 g/mol. The number of Topliss-reactive ketones (excluding diaryl/α,β-unsaturated/α-hetero) is 1. The van der Waals surface area contributed by atoms with Crippen molar-refractivity contribution in [3.8, 4) is 5.75 Å². The van der Waals surface area contributed by atoms with E-state index < -0.39 is 24.1 Å². The molecule has 0 fully saturated rings. The molecule has 6 heteroatoms. The zero-order valence-corrected chi connectivity index (χ0v) is 13.8. The molecule has 0 aliphatic heterocycles. The highest BCUT2D eigenvalue weighted by molar-refractivity contribution is 6.36. The van der Waals surface area contributed by atoms with Gasteiger partial charge in [0.25, 0.3) is 0 Å². The van der Waals surface area contributed by atoms with E-state index in [1.54, 1.807) is 12.1 Å². The fourth-order valence-electron chi connectivity index (χ4n) is 2.14. The van der Waals surface area contributed by atoms with E-state index >= 15 is 0 Å². The van der Waals surface area contributed by atoms with Gasteiger partial charge in [-0.3, -0.25) is 9.59 Å². The van der Waals surface area contributed by atoms with Crippen molar-refractivity contribution in [3.05, 3.63) is 65.7 Å². The molecule has 0 saturated heterocycles. The van der Waals surface area contributed by atoms with Crippen molar-refractivity contribution in [1.82, 2.24) is 4.90 Å². The molecule has 0 atom stereocenters. The van der Waals surface area contributed by atoms with E-state index in [1.165, 1.54) is 11.9 Å². The van der Waals surface area contributed by atoms with Crippen LogP contribution in [0.3, 0.4) is 0 Å². The van der Waals surface area contributed by atoms with Crippen LogP contribution < -0.4 is 4.74 Å². The highest BCUT2D eigenvalue weighted by Gasteiger charge is 2.19. The van der Waals surface area contributed by atoms with Gasteiger partial charge in [0.05, 0.1) is 6.42 Å². The van der Waals surface area contributed by atoms with Crippen molar-refractivity contribution in [1.29, 1.82) is 0 Å². The molecule has 0 saturated carbocycles. The SMILES string of the molecule is CN(Cc1ccc(OCc2ccccc2)cc1)C(=O)CC(=O)C(=O)O. The first-order chi connectivity index (χ1) is 12.0. The molecule has 25 heavy (non-hydrogen) atoms. The average molecular weight is 341 g/mol. The number of carboxylic acids is 1. The number of hydrogen-bond donors (Lipinski definition) is 1. The molecule has 1 N–H and O–H groups in total. The Morgan fingerprint density at radius 2 is 1.60 bits per heavy atom. The Bertz CT molecular complexity index is 740. The molecule has 0 aliphatic rings. The maximum absolute atomic E-state index is 11.8. The van der Waals surface area contributed by atoms with Gasteiger partial charge >= 0.3 is 5.97 Å². The molecule has 0 bridgehead atoms. The predicted octanol–water partition coefficient (Wildman–Crippen LogP) is 2.27. The predicted molar refractivity (Wildman–Crippen MR) is 90.9 cm³/mol. The lowest BCUT2D eigenvalue weighted by molar-refractivity contribution is -0.151. The van der Waals surface area contributed by atoms with Crippen LogP contribution >= 0.6 is 0 Å². The van der Waals surface area contributed by atoms with E-state index in [0.29, 0.717) is 12.4 Å². The van der Waals surface area contributed by atoms with E-state index in [1.807, 2.05) is 42.5 Å². The van der Waals surface area contributed by atoms with Gasteiger partial charge in [-0.25, -0.2) is 4.79 Å². The van der Waals surface area contributed by atoms with Crippen LogP contribution in [0.4, 0.5) is 0 Å². The van der Waals surface area contributed by atoms with Crippen LogP contribution in [0.2, 0.25) is 0 Å². The Morgan fingerprint density at radius 3 is 2.20 bits per heavy atom. The van der Waals surface area contributed by atoms with Gasteiger partial charge in [-0.15, -0.1) is 0 Å². The molecule has 0 heterocycles. The highest BCUT2D eigenvalue weighted by Crippen LogP contribution is 2.15. The number of hydrogen-bond acceptors (Lipinski definition) is 4. The summed E-state index contributed by atoms with van der Waals surface area (Å²) in [5.74, 6) is -2.53. The minimum atomic E-state index is -1.60. The molecule has 2 aromatic carbocycles. The second-order valence-electron chi connectivity index (χ2n) is 5.57. The first kappa shape index (κ1) is 18.2. The Morgan fingerprint density at radius 1 is 0.960 bits per heavy atom. The molecule has 0 unspecified atom stereocenters. The van der Waals surface area contributed by atoms with Crippen LogP contribution in [-0.4, -0.2) is 34.7 Å². The zero-order valence-electron chi connectivity index (χ0n) is 13.8. The number of nitrogens with zero attached hydrogens (tertiary/aromatic N) is 1. The number of amides is 1. The molecule has 0 radical (unpaired) electrons.